The average molecular weight is 172 g/mol. The van der Waals surface area contributed by atoms with E-state index >= 15 is 0 Å². The third-order valence-electron chi connectivity index (χ3n) is 1.43. The third kappa shape index (κ3) is 7.05. The second-order valence-corrected chi connectivity index (χ2v) is 2.53. The molecule has 0 heterocycles. The molecule has 0 aromatic carbocycles. The molecule has 2 N–H and O–H groups in total. The number of unbranched alkanes of at least 4 members (excludes halogenated alkanes) is 1. The molecule has 0 atom stereocenters. The van der Waals surface area contributed by atoms with Gasteiger partial charge in [0, 0.05) is 19.5 Å². The van der Waals surface area contributed by atoms with Crippen molar-refractivity contribution in [2.75, 3.05) is 13.1 Å². The third-order valence-corrected chi connectivity index (χ3v) is 1.43. The van der Waals surface area contributed by atoms with Crippen LogP contribution in [0.3, 0.4) is 0 Å². The smallest absolute Gasteiger partial charge is 0.221 e. The fourth-order valence-electron chi connectivity index (χ4n) is 0.738. The lowest BCUT2D eigenvalue weighted by molar-refractivity contribution is -0.121. The van der Waals surface area contributed by atoms with Gasteiger partial charge in [-0.3, -0.25) is 9.59 Å². The van der Waals surface area contributed by atoms with Crippen LogP contribution in [-0.4, -0.2) is 25.4 Å². The van der Waals surface area contributed by atoms with Crippen molar-refractivity contribution >= 4 is 12.3 Å². The van der Waals surface area contributed by atoms with E-state index in [1.165, 1.54) is 0 Å². The lowest BCUT2D eigenvalue weighted by atomic mass is 10.3. The normalized spacial score (nSPS) is 9.08. The first-order chi connectivity index (χ1) is 5.81. The van der Waals surface area contributed by atoms with Crippen LogP contribution in [0, 0.1) is 0 Å². The van der Waals surface area contributed by atoms with Gasteiger partial charge in [-0.15, -0.1) is 0 Å². The first kappa shape index (κ1) is 10.9. The van der Waals surface area contributed by atoms with Crippen LogP contribution in [0.25, 0.3) is 0 Å². The van der Waals surface area contributed by atoms with Crippen LogP contribution in [0.4, 0.5) is 0 Å². The number of hydrogen-bond acceptors (Lipinski definition) is 2. The van der Waals surface area contributed by atoms with Crippen molar-refractivity contribution in [3.8, 4) is 0 Å². The van der Waals surface area contributed by atoms with Crippen molar-refractivity contribution in [2.24, 2.45) is 0 Å². The Morgan fingerprint density at radius 3 is 2.75 bits per heavy atom. The highest BCUT2D eigenvalue weighted by Crippen LogP contribution is 1.83. The molecule has 0 saturated carbocycles. The minimum atomic E-state index is -0.00204. The fraction of sp³-hybridized carbons (Fsp3) is 0.750. The molecular weight excluding hydrogens is 156 g/mol. The van der Waals surface area contributed by atoms with Crippen LogP contribution in [0.1, 0.15) is 26.2 Å². The summed E-state index contributed by atoms with van der Waals surface area (Å²) in [6.07, 6.45) is 3.04. The summed E-state index contributed by atoms with van der Waals surface area (Å²) in [4.78, 5) is 20.7. The van der Waals surface area contributed by atoms with E-state index in [0.29, 0.717) is 19.4 Å². The quantitative estimate of drug-likeness (QED) is 0.421. The number of amides is 2. The Morgan fingerprint density at radius 1 is 1.42 bits per heavy atom. The topological polar surface area (TPSA) is 58.2 Å². The van der Waals surface area contributed by atoms with E-state index in [1.807, 2.05) is 0 Å². The summed E-state index contributed by atoms with van der Waals surface area (Å²) in [6, 6.07) is 0. The molecule has 0 aliphatic heterocycles. The van der Waals surface area contributed by atoms with E-state index in [0.717, 1.165) is 19.4 Å². The zero-order valence-corrected chi connectivity index (χ0v) is 7.43. The predicted octanol–water partition coefficient (Wildman–Crippen LogP) is 0.0388. The molecule has 70 valence electrons. The largest absolute Gasteiger partial charge is 0.358 e. The van der Waals surface area contributed by atoms with E-state index in [9.17, 15) is 9.59 Å². The zero-order chi connectivity index (χ0) is 9.23. The maximum atomic E-state index is 10.9. The van der Waals surface area contributed by atoms with Gasteiger partial charge in [0.05, 0.1) is 0 Å². The van der Waals surface area contributed by atoms with Gasteiger partial charge in [0.25, 0.3) is 0 Å². The van der Waals surface area contributed by atoms with Crippen LogP contribution in [0.5, 0.6) is 0 Å². The number of rotatable bonds is 7. The Labute approximate surface area is 72.7 Å². The standard InChI is InChI=1S/C8H16N2O2/c1-2-3-5-10-8(12)4-6-9-7-11/h7H,2-6H2,1H3,(H,9,11)(H,10,12). The SMILES string of the molecule is CCCCNC(=O)CCNC=O. The molecule has 0 bridgehead atoms. The summed E-state index contributed by atoms with van der Waals surface area (Å²) in [5.41, 5.74) is 0. The first-order valence-corrected chi connectivity index (χ1v) is 4.25. The highest BCUT2D eigenvalue weighted by molar-refractivity contribution is 5.76. The van der Waals surface area contributed by atoms with Crippen molar-refractivity contribution in [1.29, 1.82) is 0 Å². The molecular formula is C8H16N2O2. The zero-order valence-electron chi connectivity index (χ0n) is 7.43. The molecule has 0 aliphatic rings. The molecule has 4 nitrogen and oxygen atoms in total. The molecule has 0 unspecified atom stereocenters. The summed E-state index contributed by atoms with van der Waals surface area (Å²) < 4.78 is 0. The molecule has 0 aromatic heterocycles. The van der Waals surface area contributed by atoms with E-state index < -0.39 is 0 Å². The molecule has 0 saturated heterocycles. The Morgan fingerprint density at radius 2 is 2.17 bits per heavy atom. The van der Waals surface area contributed by atoms with Crippen molar-refractivity contribution in [2.45, 2.75) is 26.2 Å². The van der Waals surface area contributed by atoms with Crippen molar-refractivity contribution in [3.63, 3.8) is 0 Å². The van der Waals surface area contributed by atoms with Gasteiger partial charge < -0.3 is 10.6 Å². The van der Waals surface area contributed by atoms with Crippen LogP contribution in [-0.2, 0) is 9.59 Å². The second kappa shape index (κ2) is 8.04. The Balaban J connectivity index is 3.15. The number of carbonyl (C=O) groups is 2. The first-order valence-electron chi connectivity index (χ1n) is 4.25. The summed E-state index contributed by atoms with van der Waals surface area (Å²) in [7, 11) is 0. The van der Waals surface area contributed by atoms with Gasteiger partial charge in [-0.05, 0) is 6.42 Å². The molecule has 12 heavy (non-hydrogen) atoms. The highest BCUT2D eigenvalue weighted by atomic mass is 16.1. The van der Waals surface area contributed by atoms with E-state index in [-0.39, 0.29) is 5.91 Å². The summed E-state index contributed by atoms with van der Waals surface area (Å²) >= 11 is 0. The van der Waals surface area contributed by atoms with Gasteiger partial charge in [0.1, 0.15) is 0 Å². The van der Waals surface area contributed by atoms with E-state index in [4.69, 9.17) is 0 Å². The van der Waals surface area contributed by atoms with Crippen molar-refractivity contribution < 1.29 is 9.59 Å². The molecule has 0 spiro atoms. The van der Waals surface area contributed by atoms with Crippen molar-refractivity contribution in [3.05, 3.63) is 0 Å². The second-order valence-electron chi connectivity index (χ2n) is 2.53. The lowest BCUT2D eigenvalue weighted by Crippen LogP contribution is -2.27. The monoisotopic (exact) mass is 172 g/mol. The Bertz CT molecular complexity index is 137. The average Bonchev–Trinajstić information content (AvgIpc) is 2.06. The van der Waals surface area contributed by atoms with Crippen LogP contribution in [0.2, 0.25) is 0 Å². The fourth-order valence-corrected chi connectivity index (χ4v) is 0.738. The van der Waals surface area contributed by atoms with E-state index in [1.54, 1.807) is 0 Å². The predicted molar refractivity (Wildman–Crippen MR) is 46.6 cm³/mol. The summed E-state index contributed by atoms with van der Waals surface area (Å²) in [6.45, 7) is 3.22. The van der Waals surface area contributed by atoms with Gasteiger partial charge >= 0.3 is 0 Å². The summed E-state index contributed by atoms with van der Waals surface area (Å²) in [5.74, 6) is -0.00204. The van der Waals surface area contributed by atoms with Crippen LogP contribution in [0.15, 0.2) is 0 Å². The molecule has 0 rings (SSSR count). The van der Waals surface area contributed by atoms with Crippen LogP contribution >= 0.6 is 0 Å². The number of nitrogens with one attached hydrogen (secondary N) is 2. The molecule has 0 aromatic rings. The Hall–Kier alpha value is -1.06. The van der Waals surface area contributed by atoms with Gasteiger partial charge in [-0.1, -0.05) is 13.3 Å². The van der Waals surface area contributed by atoms with Gasteiger partial charge in [0.15, 0.2) is 0 Å². The maximum Gasteiger partial charge on any atom is 0.221 e. The van der Waals surface area contributed by atoms with Gasteiger partial charge in [-0.25, -0.2) is 0 Å². The lowest BCUT2D eigenvalue weighted by Gasteiger charge is -2.02. The molecule has 0 fully saturated rings. The molecule has 0 radical (unpaired) electrons. The van der Waals surface area contributed by atoms with Crippen LogP contribution < -0.4 is 10.6 Å². The number of hydrogen-bond donors (Lipinski definition) is 2. The summed E-state index contributed by atoms with van der Waals surface area (Å²) in [5, 5.41) is 5.18. The van der Waals surface area contributed by atoms with E-state index in [2.05, 4.69) is 17.6 Å². The minimum Gasteiger partial charge on any atom is -0.358 e. The van der Waals surface area contributed by atoms with Gasteiger partial charge in [-0.2, -0.15) is 0 Å². The highest BCUT2D eigenvalue weighted by Gasteiger charge is 1.97. The molecule has 4 heteroatoms. The molecule has 0 aliphatic carbocycles. The molecule has 2 amide bonds. The Kier molecular flexibility index (Phi) is 7.33. The van der Waals surface area contributed by atoms with Gasteiger partial charge in [0.2, 0.25) is 12.3 Å². The van der Waals surface area contributed by atoms with Crippen molar-refractivity contribution in [1.82, 2.24) is 10.6 Å². The number of carbonyl (C=O) groups excluding carboxylic acids is 2. The minimum absolute atomic E-state index is 0.00204. The maximum absolute atomic E-state index is 10.9.